The fourth-order valence-electron chi connectivity index (χ4n) is 2.27. The zero-order valence-corrected chi connectivity index (χ0v) is 8.70. The van der Waals surface area contributed by atoms with E-state index in [1.54, 1.807) is 0 Å². The number of allylic oxidation sites excluding steroid dienone is 2. The molecule has 14 heavy (non-hydrogen) atoms. The predicted molar refractivity (Wildman–Crippen MR) is 55.9 cm³/mol. The summed E-state index contributed by atoms with van der Waals surface area (Å²) in [5, 5.41) is 3.23. The lowest BCUT2D eigenvalue weighted by atomic mass is 10.1. The molecule has 1 aliphatic heterocycles. The van der Waals surface area contributed by atoms with Gasteiger partial charge in [-0.25, -0.2) is 0 Å². The third kappa shape index (κ3) is 1.82. The van der Waals surface area contributed by atoms with Crippen molar-refractivity contribution in [1.82, 2.24) is 10.2 Å². The fourth-order valence-corrected chi connectivity index (χ4v) is 2.27. The Hall–Kier alpha value is -0.830. The molecule has 1 unspecified atom stereocenters. The van der Waals surface area contributed by atoms with Gasteiger partial charge in [-0.1, -0.05) is 12.2 Å². The van der Waals surface area contributed by atoms with Crippen molar-refractivity contribution in [3.8, 4) is 0 Å². The van der Waals surface area contributed by atoms with Gasteiger partial charge >= 0.3 is 0 Å². The number of carbonyl (C=O) groups is 1. The van der Waals surface area contributed by atoms with E-state index in [0.717, 1.165) is 32.4 Å². The van der Waals surface area contributed by atoms with Gasteiger partial charge in [0.1, 0.15) is 0 Å². The molecule has 0 aromatic heterocycles. The van der Waals surface area contributed by atoms with E-state index in [2.05, 4.69) is 17.5 Å². The van der Waals surface area contributed by atoms with Gasteiger partial charge in [-0.2, -0.15) is 0 Å². The van der Waals surface area contributed by atoms with E-state index in [0.29, 0.717) is 11.9 Å². The largest absolute Gasteiger partial charge is 0.341 e. The van der Waals surface area contributed by atoms with Gasteiger partial charge in [0.25, 0.3) is 0 Å². The van der Waals surface area contributed by atoms with Crippen LogP contribution in [0.1, 0.15) is 19.3 Å². The van der Waals surface area contributed by atoms with Crippen LogP contribution in [0.5, 0.6) is 0 Å². The Morgan fingerprint density at radius 1 is 1.43 bits per heavy atom. The molecule has 1 atom stereocenters. The van der Waals surface area contributed by atoms with Crippen molar-refractivity contribution in [1.29, 1.82) is 0 Å². The van der Waals surface area contributed by atoms with Crippen molar-refractivity contribution in [2.75, 3.05) is 20.1 Å². The number of hydrogen-bond acceptors (Lipinski definition) is 2. The minimum Gasteiger partial charge on any atom is -0.341 e. The maximum atomic E-state index is 12.0. The molecule has 1 N–H and O–H groups in total. The quantitative estimate of drug-likeness (QED) is 0.659. The van der Waals surface area contributed by atoms with Crippen LogP contribution in [-0.2, 0) is 4.79 Å². The summed E-state index contributed by atoms with van der Waals surface area (Å²) >= 11 is 0. The van der Waals surface area contributed by atoms with Crippen LogP contribution < -0.4 is 5.32 Å². The average molecular weight is 194 g/mol. The minimum atomic E-state index is 0.241. The van der Waals surface area contributed by atoms with Crippen LogP contribution in [0.4, 0.5) is 0 Å². The molecular formula is C11H18N2O. The van der Waals surface area contributed by atoms with Gasteiger partial charge in [0.2, 0.25) is 5.91 Å². The monoisotopic (exact) mass is 194 g/mol. The summed E-state index contributed by atoms with van der Waals surface area (Å²) in [6.45, 7) is 1.83. The van der Waals surface area contributed by atoms with Gasteiger partial charge in [0.05, 0.1) is 0 Å². The zero-order valence-electron chi connectivity index (χ0n) is 8.70. The fraction of sp³-hybridized carbons (Fsp3) is 0.727. The summed E-state index contributed by atoms with van der Waals surface area (Å²) in [6.07, 6.45) is 7.23. The molecule has 3 nitrogen and oxygen atoms in total. The number of rotatable bonds is 2. The summed E-state index contributed by atoms with van der Waals surface area (Å²) in [7, 11) is 1.97. The van der Waals surface area contributed by atoms with Crippen LogP contribution in [0.2, 0.25) is 0 Å². The van der Waals surface area contributed by atoms with Crippen molar-refractivity contribution in [3.05, 3.63) is 12.2 Å². The van der Waals surface area contributed by atoms with Gasteiger partial charge in [-0.15, -0.1) is 0 Å². The molecular weight excluding hydrogens is 176 g/mol. The van der Waals surface area contributed by atoms with E-state index in [1.807, 2.05) is 11.9 Å². The summed E-state index contributed by atoms with van der Waals surface area (Å²) in [6, 6.07) is 0.508. The number of likely N-dealkylation sites (tertiary alicyclic amines) is 1. The molecule has 1 aliphatic carbocycles. The molecule has 1 heterocycles. The topological polar surface area (TPSA) is 32.3 Å². The Balaban J connectivity index is 1.87. The molecule has 0 radical (unpaired) electrons. The second-order valence-electron chi connectivity index (χ2n) is 4.20. The maximum Gasteiger partial charge on any atom is 0.226 e. The minimum absolute atomic E-state index is 0.241. The van der Waals surface area contributed by atoms with Gasteiger partial charge in [0, 0.05) is 25.0 Å². The summed E-state index contributed by atoms with van der Waals surface area (Å²) in [5.41, 5.74) is 0. The van der Waals surface area contributed by atoms with E-state index in [4.69, 9.17) is 0 Å². The van der Waals surface area contributed by atoms with Crippen molar-refractivity contribution >= 4 is 5.91 Å². The highest BCUT2D eigenvalue weighted by Crippen LogP contribution is 2.22. The molecule has 1 saturated heterocycles. The van der Waals surface area contributed by atoms with Crippen LogP contribution in [0.25, 0.3) is 0 Å². The van der Waals surface area contributed by atoms with Crippen LogP contribution in [-0.4, -0.2) is 37.0 Å². The highest BCUT2D eigenvalue weighted by Gasteiger charge is 2.30. The standard InChI is InChI=1S/C11H18N2O/c1-12-10-6-7-13(8-10)11(14)9-4-2-3-5-9/h2-3,9-10,12H,4-8H2,1H3. The number of carbonyl (C=O) groups excluding carboxylic acids is 1. The first-order chi connectivity index (χ1) is 6.81. The number of hydrogen-bond donors (Lipinski definition) is 1. The normalized spacial score (nSPS) is 27.5. The smallest absolute Gasteiger partial charge is 0.226 e. The Bertz CT molecular complexity index is 242. The van der Waals surface area contributed by atoms with Gasteiger partial charge in [0.15, 0.2) is 0 Å². The summed E-state index contributed by atoms with van der Waals surface area (Å²) in [4.78, 5) is 14.0. The molecule has 0 bridgehead atoms. The molecule has 0 saturated carbocycles. The maximum absolute atomic E-state index is 12.0. The van der Waals surface area contributed by atoms with Gasteiger partial charge in [-0.3, -0.25) is 4.79 Å². The first-order valence-corrected chi connectivity index (χ1v) is 5.42. The number of nitrogens with one attached hydrogen (secondary N) is 1. The molecule has 1 amide bonds. The number of nitrogens with zero attached hydrogens (tertiary/aromatic N) is 1. The van der Waals surface area contributed by atoms with Crippen LogP contribution in [0.3, 0.4) is 0 Å². The van der Waals surface area contributed by atoms with Crippen molar-refractivity contribution in [2.45, 2.75) is 25.3 Å². The summed E-state index contributed by atoms with van der Waals surface area (Å²) in [5.74, 6) is 0.596. The van der Waals surface area contributed by atoms with Crippen molar-refractivity contribution in [2.24, 2.45) is 5.92 Å². The van der Waals surface area contributed by atoms with Crippen LogP contribution in [0.15, 0.2) is 12.2 Å². The lowest BCUT2D eigenvalue weighted by molar-refractivity contribution is -0.134. The predicted octanol–water partition coefficient (Wildman–Crippen LogP) is 0.773. The second-order valence-corrected chi connectivity index (χ2v) is 4.20. The number of amides is 1. The molecule has 0 spiro atoms. The Morgan fingerprint density at radius 2 is 2.14 bits per heavy atom. The average Bonchev–Trinajstić information content (AvgIpc) is 2.88. The van der Waals surface area contributed by atoms with E-state index >= 15 is 0 Å². The first kappa shape index (κ1) is 9.71. The Morgan fingerprint density at radius 3 is 2.71 bits per heavy atom. The molecule has 1 fully saturated rings. The molecule has 0 aromatic carbocycles. The van der Waals surface area contributed by atoms with Crippen molar-refractivity contribution in [3.63, 3.8) is 0 Å². The zero-order chi connectivity index (χ0) is 9.97. The third-order valence-corrected chi connectivity index (χ3v) is 3.27. The lowest BCUT2D eigenvalue weighted by Crippen LogP contribution is -2.36. The van der Waals surface area contributed by atoms with Gasteiger partial charge in [-0.05, 0) is 26.3 Å². The first-order valence-electron chi connectivity index (χ1n) is 5.42. The van der Waals surface area contributed by atoms with Crippen LogP contribution in [0, 0.1) is 5.92 Å². The molecule has 78 valence electrons. The van der Waals surface area contributed by atoms with E-state index < -0.39 is 0 Å². The van der Waals surface area contributed by atoms with E-state index in [-0.39, 0.29) is 5.92 Å². The molecule has 2 rings (SSSR count). The third-order valence-electron chi connectivity index (χ3n) is 3.27. The summed E-state index contributed by atoms with van der Waals surface area (Å²) < 4.78 is 0. The Labute approximate surface area is 85.2 Å². The second kappa shape index (κ2) is 4.13. The SMILES string of the molecule is CNC1CCN(C(=O)C2CC=CC2)C1. The molecule has 2 aliphatic rings. The molecule has 0 aromatic rings. The highest BCUT2D eigenvalue weighted by molar-refractivity contribution is 5.80. The van der Waals surface area contributed by atoms with Crippen molar-refractivity contribution < 1.29 is 4.79 Å². The van der Waals surface area contributed by atoms with E-state index in [9.17, 15) is 4.79 Å². The van der Waals surface area contributed by atoms with E-state index in [1.165, 1.54) is 0 Å². The molecule has 3 heteroatoms. The highest BCUT2D eigenvalue weighted by atomic mass is 16.2. The lowest BCUT2D eigenvalue weighted by Gasteiger charge is -2.20. The Kier molecular flexibility index (Phi) is 2.87. The van der Waals surface area contributed by atoms with Gasteiger partial charge < -0.3 is 10.2 Å². The van der Waals surface area contributed by atoms with Crippen LogP contribution >= 0.6 is 0 Å². The number of likely N-dealkylation sites (N-methyl/N-ethyl adjacent to an activating group) is 1.